The number of benzene rings is 1. The molecule has 1 saturated heterocycles. The summed E-state index contributed by atoms with van der Waals surface area (Å²) in [5, 5.41) is 3.88. The standard InChI is InChI=1S/C19H24N4O2/c1-13(24)23-9-8-14(12-23)11-20-19(25)16-10-18(22(2)3)21-17-7-5-4-6-15(16)17/h4-7,10,14H,8-9,11-12H2,1-3H3,(H,20,25)/t14-/m1/s1. The molecule has 2 amide bonds. The third kappa shape index (κ3) is 3.73. The predicted octanol–water partition coefficient (Wildman–Crippen LogP) is 1.90. The third-order valence-electron chi connectivity index (χ3n) is 4.69. The normalized spacial score (nSPS) is 16.9. The number of likely N-dealkylation sites (tertiary alicyclic amines) is 1. The van der Waals surface area contributed by atoms with Gasteiger partial charge in [0.1, 0.15) is 5.82 Å². The van der Waals surface area contributed by atoms with E-state index in [-0.39, 0.29) is 11.8 Å². The van der Waals surface area contributed by atoms with Crippen molar-refractivity contribution in [3.63, 3.8) is 0 Å². The van der Waals surface area contributed by atoms with E-state index in [1.165, 1.54) is 0 Å². The van der Waals surface area contributed by atoms with Gasteiger partial charge in [0, 0.05) is 46.0 Å². The zero-order valence-corrected chi connectivity index (χ0v) is 15.0. The van der Waals surface area contributed by atoms with Crippen LogP contribution in [0.2, 0.25) is 0 Å². The van der Waals surface area contributed by atoms with Crippen LogP contribution < -0.4 is 10.2 Å². The van der Waals surface area contributed by atoms with E-state index in [1.807, 2.05) is 54.2 Å². The van der Waals surface area contributed by atoms with Crippen molar-refractivity contribution in [1.29, 1.82) is 0 Å². The summed E-state index contributed by atoms with van der Waals surface area (Å²) >= 11 is 0. The molecular formula is C19H24N4O2. The Bertz CT molecular complexity index is 803. The van der Waals surface area contributed by atoms with Crippen LogP contribution >= 0.6 is 0 Å². The van der Waals surface area contributed by atoms with Crippen LogP contribution in [0, 0.1) is 5.92 Å². The first-order valence-electron chi connectivity index (χ1n) is 8.56. The van der Waals surface area contributed by atoms with Crippen molar-refractivity contribution in [2.24, 2.45) is 5.92 Å². The quantitative estimate of drug-likeness (QED) is 0.923. The highest BCUT2D eigenvalue weighted by atomic mass is 16.2. The molecule has 1 aliphatic heterocycles. The molecule has 3 rings (SSSR count). The molecule has 1 fully saturated rings. The molecule has 1 aromatic carbocycles. The van der Waals surface area contributed by atoms with E-state index in [0.29, 0.717) is 18.0 Å². The minimum Gasteiger partial charge on any atom is -0.363 e. The first-order valence-corrected chi connectivity index (χ1v) is 8.56. The van der Waals surface area contributed by atoms with E-state index in [4.69, 9.17) is 0 Å². The van der Waals surface area contributed by atoms with E-state index in [2.05, 4.69) is 10.3 Å². The van der Waals surface area contributed by atoms with Crippen LogP contribution in [0.4, 0.5) is 5.82 Å². The second-order valence-corrected chi connectivity index (χ2v) is 6.77. The number of carbonyl (C=O) groups excluding carboxylic acids is 2. The van der Waals surface area contributed by atoms with Crippen LogP contribution in [0.1, 0.15) is 23.7 Å². The molecule has 6 heteroatoms. The summed E-state index contributed by atoms with van der Waals surface area (Å²) < 4.78 is 0. The summed E-state index contributed by atoms with van der Waals surface area (Å²) in [6.07, 6.45) is 0.930. The lowest BCUT2D eigenvalue weighted by atomic mass is 10.1. The zero-order chi connectivity index (χ0) is 18.0. The van der Waals surface area contributed by atoms with Crippen molar-refractivity contribution in [3.05, 3.63) is 35.9 Å². The number of anilines is 1. The van der Waals surface area contributed by atoms with Crippen molar-refractivity contribution in [2.45, 2.75) is 13.3 Å². The number of nitrogens with one attached hydrogen (secondary N) is 1. The maximum Gasteiger partial charge on any atom is 0.252 e. The molecule has 1 N–H and O–H groups in total. The van der Waals surface area contributed by atoms with Crippen LogP contribution in [0.25, 0.3) is 10.9 Å². The molecule has 0 bridgehead atoms. The van der Waals surface area contributed by atoms with Gasteiger partial charge in [0.25, 0.3) is 5.91 Å². The second kappa shape index (κ2) is 7.09. The Hall–Kier alpha value is -2.63. The molecule has 1 atom stereocenters. The molecule has 6 nitrogen and oxygen atoms in total. The number of fused-ring (bicyclic) bond motifs is 1. The van der Waals surface area contributed by atoms with Crippen LogP contribution in [0.3, 0.4) is 0 Å². The van der Waals surface area contributed by atoms with Crippen molar-refractivity contribution < 1.29 is 9.59 Å². The highest BCUT2D eigenvalue weighted by Crippen LogP contribution is 2.22. The van der Waals surface area contributed by atoms with Crippen LogP contribution in [-0.2, 0) is 4.79 Å². The molecule has 0 unspecified atom stereocenters. The number of para-hydroxylation sites is 1. The van der Waals surface area contributed by atoms with Gasteiger partial charge < -0.3 is 15.1 Å². The largest absolute Gasteiger partial charge is 0.363 e. The number of carbonyl (C=O) groups is 2. The van der Waals surface area contributed by atoms with Gasteiger partial charge in [0.15, 0.2) is 0 Å². The Labute approximate surface area is 147 Å². The first kappa shape index (κ1) is 17.2. The maximum atomic E-state index is 12.8. The molecule has 25 heavy (non-hydrogen) atoms. The summed E-state index contributed by atoms with van der Waals surface area (Å²) in [5.41, 5.74) is 1.44. The highest BCUT2D eigenvalue weighted by Gasteiger charge is 2.24. The lowest BCUT2D eigenvalue weighted by Gasteiger charge is -2.16. The highest BCUT2D eigenvalue weighted by molar-refractivity contribution is 6.07. The second-order valence-electron chi connectivity index (χ2n) is 6.77. The number of hydrogen-bond acceptors (Lipinski definition) is 4. The SMILES string of the molecule is CC(=O)N1CC[C@H](CNC(=O)c2cc(N(C)C)nc3ccccc23)C1. The Morgan fingerprint density at radius 3 is 2.76 bits per heavy atom. The monoisotopic (exact) mass is 340 g/mol. The number of nitrogens with zero attached hydrogens (tertiary/aromatic N) is 3. The van der Waals surface area contributed by atoms with E-state index in [0.717, 1.165) is 36.2 Å². The smallest absolute Gasteiger partial charge is 0.252 e. The molecular weight excluding hydrogens is 316 g/mol. The molecule has 2 heterocycles. The molecule has 0 radical (unpaired) electrons. The van der Waals surface area contributed by atoms with Gasteiger partial charge in [0.05, 0.1) is 11.1 Å². The Kier molecular flexibility index (Phi) is 4.88. The van der Waals surface area contributed by atoms with E-state index >= 15 is 0 Å². The molecule has 132 valence electrons. The number of pyridine rings is 1. The van der Waals surface area contributed by atoms with Gasteiger partial charge in [-0.1, -0.05) is 18.2 Å². The van der Waals surface area contributed by atoms with Gasteiger partial charge in [-0.3, -0.25) is 9.59 Å². The molecule has 0 saturated carbocycles. The zero-order valence-electron chi connectivity index (χ0n) is 15.0. The maximum absolute atomic E-state index is 12.8. The van der Waals surface area contributed by atoms with E-state index in [9.17, 15) is 9.59 Å². The number of aromatic nitrogens is 1. The number of rotatable bonds is 4. The Morgan fingerprint density at radius 1 is 1.32 bits per heavy atom. The summed E-state index contributed by atoms with van der Waals surface area (Å²) in [6, 6.07) is 9.50. The van der Waals surface area contributed by atoms with Crippen molar-refractivity contribution in [3.8, 4) is 0 Å². The molecule has 1 aliphatic rings. The molecule has 0 aliphatic carbocycles. The van der Waals surface area contributed by atoms with Gasteiger partial charge in [-0.2, -0.15) is 0 Å². The number of hydrogen-bond donors (Lipinski definition) is 1. The third-order valence-corrected chi connectivity index (χ3v) is 4.69. The van der Waals surface area contributed by atoms with E-state index in [1.54, 1.807) is 6.92 Å². The van der Waals surface area contributed by atoms with Crippen molar-refractivity contribution in [2.75, 3.05) is 38.6 Å². The van der Waals surface area contributed by atoms with Gasteiger partial charge in [0.2, 0.25) is 5.91 Å². The number of amides is 2. The van der Waals surface area contributed by atoms with Gasteiger partial charge in [-0.25, -0.2) is 4.98 Å². The average Bonchev–Trinajstić information content (AvgIpc) is 3.08. The van der Waals surface area contributed by atoms with Gasteiger partial charge in [-0.15, -0.1) is 0 Å². The minimum atomic E-state index is -0.0945. The van der Waals surface area contributed by atoms with Gasteiger partial charge in [-0.05, 0) is 24.5 Å². The van der Waals surface area contributed by atoms with Crippen LogP contribution in [0.5, 0.6) is 0 Å². The van der Waals surface area contributed by atoms with Crippen molar-refractivity contribution >= 4 is 28.5 Å². The molecule has 0 spiro atoms. The minimum absolute atomic E-state index is 0.0945. The Morgan fingerprint density at radius 2 is 2.08 bits per heavy atom. The van der Waals surface area contributed by atoms with Crippen LogP contribution in [-0.4, -0.2) is 55.4 Å². The lowest BCUT2D eigenvalue weighted by molar-refractivity contribution is -0.127. The lowest BCUT2D eigenvalue weighted by Crippen LogP contribution is -2.32. The summed E-state index contributed by atoms with van der Waals surface area (Å²) in [4.78, 5) is 32.5. The topological polar surface area (TPSA) is 65.5 Å². The first-order chi connectivity index (χ1) is 12.0. The average molecular weight is 340 g/mol. The van der Waals surface area contributed by atoms with E-state index < -0.39 is 0 Å². The molecule has 1 aromatic heterocycles. The van der Waals surface area contributed by atoms with Gasteiger partial charge >= 0.3 is 0 Å². The fraction of sp³-hybridized carbons (Fsp3) is 0.421. The fourth-order valence-electron chi connectivity index (χ4n) is 3.20. The Balaban J connectivity index is 1.77. The summed E-state index contributed by atoms with van der Waals surface area (Å²) in [7, 11) is 3.82. The summed E-state index contributed by atoms with van der Waals surface area (Å²) in [6.45, 7) is 3.66. The van der Waals surface area contributed by atoms with Crippen molar-refractivity contribution in [1.82, 2.24) is 15.2 Å². The van der Waals surface area contributed by atoms with Crippen LogP contribution in [0.15, 0.2) is 30.3 Å². The predicted molar refractivity (Wildman–Crippen MR) is 98.8 cm³/mol. The summed E-state index contributed by atoms with van der Waals surface area (Å²) in [5.74, 6) is 1.08. The molecule has 2 aromatic rings. The fourth-order valence-corrected chi connectivity index (χ4v) is 3.20.